The van der Waals surface area contributed by atoms with Crippen molar-refractivity contribution in [1.82, 2.24) is 10.2 Å². The second kappa shape index (κ2) is 7.56. The Hall–Kier alpha value is -0.990. The van der Waals surface area contributed by atoms with Crippen molar-refractivity contribution in [2.75, 3.05) is 16.8 Å². The van der Waals surface area contributed by atoms with E-state index in [1.165, 1.54) is 23.1 Å². The number of nitrogens with zero attached hydrogens (tertiary/aromatic N) is 2. The van der Waals surface area contributed by atoms with Gasteiger partial charge in [0.1, 0.15) is 5.76 Å². The predicted molar refractivity (Wildman–Crippen MR) is 79.8 cm³/mol. The average Bonchev–Trinajstić information content (AvgIpc) is 3.02. The molecule has 1 amide bonds. The summed E-state index contributed by atoms with van der Waals surface area (Å²) >= 11 is 4.51. The minimum Gasteiger partial charge on any atom is -0.468 e. The van der Waals surface area contributed by atoms with Gasteiger partial charge >= 0.3 is 0 Å². The van der Waals surface area contributed by atoms with Gasteiger partial charge in [-0.15, -0.1) is 22.0 Å². The first-order valence-corrected chi connectivity index (χ1v) is 8.60. The highest BCUT2D eigenvalue weighted by Gasteiger charge is 2.08. The molecule has 1 N–H and O–H groups in total. The molecule has 2 rings (SSSR count). The van der Waals surface area contributed by atoms with Crippen LogP contribution in [-0.4, -0.2) is 27.6 Å². The molecule has 2 heterocycles. The van der Waals surface area contributed by atoms with E-state index < -0.39 is 0 Å². The normalized spacial score (nSPS) is 10.6. The van der Waals surface area contributed by atoms with Crippen molar-refractivity contribution in [1.29, 1.82) is 0 Å². The highest BCUT2D eigenvalue weighted by atomic mass is 32.2. The topological polar surface area (TPSA) is 68.0 Å². The first kappa shape index (κ1) is 14.4. The number of rotatable bonds is 7. The van der Waals surface area contributed by atoms with Crippen LogP contribution in [-0.2, 0) is 10.5 Å². The van der Waals surface area contributed by atoms with Crippen molar-refractivity contribution in [3.63, 3.8) is 0 Å². The summed E-state index contributed by atoms with van der Waals surface area (Å²) in [5.74, 6) is 2.81. The van der Waals surface area contributed by atoms with Gasteiger partial charge in [-0.25, -0.2) is 0 Å². The Balaban J connectivity index is 1.71. The van der Waals surface area contributed by atoms with E-state index in [0.29, 0.717) is 16.6 Å². The summed E-state index contributed by atoms with van der Waals surface area (Å²) in [6, 6.07) is 3.73. The Bertz CT molecular complexity index is 513. The second-order valence-electron chi connectivity index (χ2n) is 3.43. The maximum absolute atomic E-state index is 11.7. The van der Waals surface area contributed by atoms with E-state index in [4.69, 9.17) is 4.42 Å². The fourth-order valence-electron chi connectivity index (χ4n) is 1.24. The van der Waals surface area contributed by atoms with E-state index >= 15 is 0 Å². The molecular weight excluding hydrogens is 302 g/mol. The molecule has 0 fully saturated rings. The van der Waals surface area contributed by atoms with Gasteiger partial charge < -0.3 is 4.42 Å². The molecule has 0 saturated carbocycles. The van der Waals surface area contributed by atoms with Gasteiger partial charge in [0.2, 0.25) is 11.0 Å². The van der Waals surface area contributed by atoms with Gasteiger partial charge in [-0.3, -0.25) is 10.1 Å². The molecular formula is C11H13N3O2S3. The number of hydrogen-bond acceptors (Lipinski definition) is 7. The summed E-state index contributed by atoms with van der Waals surface area (Å²) in [5, 5.41) is 11.2. The molecule has 19 heavy (non-hydrogen) atoms. The number of amides is 1. The molecule has 0 atom stereocenters. The molecule has 2 aromatic rings. The number of hydrogen-bond donors (Lipinski definition) is 1. The van der Waals surface area contributed by atoms with E-state index in [-0.39, 0.29) is 5.91 Å². The zero-order valence-electron chi connectivity index (χ0n) is 10.3. The van der Waals surface area contributed by atoms with Crippen LogP contribution in [0, 0.1) is 0 Å². The maximum Gasteiger partial charge on any atom is 0.236 e. The Kier molecular flexibility index (Phi) is 5.74. The molecule has 0 unspecified atom stereocenters. The number of carbonyl (C=O) groups excluding carboxylic acids is 1. The SMILES string of the molecule is CCSc1nnc(NC(=O)CSCc2ccco2)s1. The molecule has 8 heteroatoms. The van der Waals surface area contributed by atoms with Gasteiger partial charge in [0, 0.05) is 0 Å². The van der Waals surface area contributed by atoms with Gasteiger partial charge in [-0.2, -0.15) is 0 Å². The fourth-order valence-corrected chi connectivity index (χ4v) is 3.63. The number of anilines is 1. The zero-order valence-corrected chi connectivity index (χ0v) is 12.7. The van der Waals surface area contributed by atoms with E-state index in [9.17, 15) is 4.79 Å². The van der Waals surface area contributed by atoms with E-state index in [1.54, 1.807) is 18.0 Å². The number of nitrogens with one attached hydrogen (secondary N) is 1. The lowest BCUT2D eigenvalue weighted by Gasteiger charge is -1.99. The van der Waals surface area contributed by atoms with Gasteiger partial charge in [0.05, 0.1) is 17.8 Å². The van der Waals surface area contributed by atoms with Gasteiger partial charge in [-0.05, 0) is 17.9 Å². The molecule has 0 bridgehead atoms. The predicted octanol–water partition coefficient (Wildman–Crippen LogP) is 3.12. The van der Waals surface area contributed by atoms with Crippen LogP contribution in [0.4, 0.5) is 5.13 Å². The van der Waals surface area contributed by atoms with Crippen LogP contribution < -0.4 is 5.32 Å². The molecule has 102 valence electrons. The molecule has 0 saturated heterocycles. The van der Waals surface area contributed by atoms with Crippen molar-refractivity contribution in [2.24, 2.45) is 0 Å². The molecule has 0 aliphatic rings. The summed E-state index contributed by atoms with van der Waals surface area (Å²) in [7, 11) is 0. The lowest BCUT2D eigenvalue weighted by molar-refractivity contribution is -0.113. The maximum atomic E-state index is 11.7. The van der Waals surface area contributed by atoms with Gasteiger partial charge in [-0.1, -0.05) is 30.0 Å². The minimum absolute atomic E-state index is 0.0687. The van der Waals surface area contributed by atoms with Crippen molar-refractivity contribution in [2.45, 2.75) is 17.0 Å². The Morgan fingerprint density at radius 3 is 3.16 bits per heavy atom. The number of furan rings is 1. The second-order valence-corrected chi connectivity index (χ2v) is 6.90. The van der Waals surface area contributed by atoms with E-state index in [1.807, 2.05) is 12.1 Å². The van der Waals surface area contributed by atoms with E-state index in [2.05, 4.69) is 22.4 Å². The highest BCUT2D eigenvalue weighted by Crippen LogP contribution is 2.25. The molecule has 0 aliphatic carbocycles. The Labute approximate surface area is 123 Å². The van der Waals surface area contributed by atoms with Crippen LogP contribution in [0.25, 0.3) is 0 Å². The number of carbonyl (C=O) groups is 1. The van der Waals surface area contributed by atoms with Gasteiger partial charge in [0.15, 0.2) is 4.34 Å². The lowest BCUT2D eigenvalue weighted by atomic mass is 10.5. The van der Waals surface area contributed by atoms with Gasteiger partial charge in [0.25, 0.3) is 0 Å². The average molecular weight is 315 g/mol. The fraction of sp³-hybridized carbons (Fsp3) is 0.364. The third kappa shape index (κ3) is 4.88. The monoisotopic (exact) mass is 315 g/mol. The van der Waals surface area contributed by atoms with Crippen molar-refractivity contribution in [3.05, 3.63) is 24.2 Å². The first-order valence-electron chi connectivity index (χ1n) is 5.64. The number of thioether (sulfide) groups is 2. The lowest BCUT2D eigenvalue weighted by Crippen LogP contribution is -2.13. The largest absolute Gasteiger partial charge is 0.468 e. The van der Waals surface area contributed by atoms with Crippen molar-refractivity contribution >= 4 is 45.9 Å². The van der Waals surface area contributed by atoms with Crippen LogP contribution in [0.2, 0.25) is 0 Å². The summed E-state index contributed by atoms with van der Waals surface area (Å²) < 4.78 is 6.06. The molecule has 0 aliphatic heterocycles. The van der Waals surface area contributed by atoms with Crippen LogP contribution in [0.15, 0.2) is 27.2 Å². The van der Waals surface area contributed by atoms with Crippen molar-refractivity contribution < 1.29 is 9.21 Å². The van der Waals surface area contributed by atoms with Crippen molar-refractivity contribution in [3.8, 4) is 0 Å². The third-order valence-electron chi connectivity index (χ3n) is 1.98. The third-order valence-corrected chi connectivity index (χ3v) is 4.79. The molecule has 5 nitrogen and oxygen atoms in total. The molecule has 0 aromatic carbocycles. The summed E-state index contributed by atoms with van der Waals surface area (Å²) in [6.45, 7) is 2.05. The van der Waals surface area contributed by atoms with Crippen LogP contribution >= 0.6 is 34.9 Å². The van der Waals surface area contributed by atoms with Crippen LogP contribution in [0.1, 0.15) is 12.7 Å². The number of aromatic nitrogens is 2. The Morgan fingerprint density at radius 2 is 2.42 bits per heavy atom. The Morgan fingerprint density at radius 1 is 1.53 bits per heavy atom. The smallest absolute Gasteiger partial charge is 0.236 e. The quantitative estimate of drug-likeness (QED) is 0.625. The molecule has 0 spiro atoms. The standard InChI is InChI=1S/C11H13N3O2S3/c1-2-18-11-14-13-10(19-11)12-9(15)7-17-6-8-4-3-5-16-8/h3-5H,2,6-7H2,1H3,(H,12,13,15). The van der Waals surface area contributed by atoms with E-state index in [0.717, 1.165) is 15.9 Å². The van der Waals surface area contributed by atoms with Crippen LogP contribution in [0.3, 0.4) is 0 Å². The zero-order chi connectivity index (χ0) is 13.5. The minimum atomic E-state index is -0.0687. The summed E-state index contributed by atoms with van der Waals surface area (Å²) in [6.07, 6.45) is 1.63. The molecule has 0 radical (unpaired) electrons. The van der Waals surface area contributed by atoms with Crippen LogP contribution in [0.5, 0.6) is 0 Å². The first-order chi connectivity index (χ1) is 9.28. The summed E-state index contributed by atoms with van der Waals surface area (Å²) in [4.78, 5) is 11.7. The highest BCUT2D eigenvalue weighted by molar-refractivity contribution is 8.01. The molecule has 2 aromatic heterocycles. The summed E-state index contributed by atoms with van der Waals surface area (Å²) in [5.41, 5.74) is 0.